The van der Waals surface area contributed by atoms with E-state index in [0.29, 0.717) is 0 Å². The number of hydrogen-bond donors (Lipinski definition) is 2. The van der Waals surface area contributed by atoms with Crippen molar-refractivity contribution in [2.75, 3.05) is 13.1 Å². The molecule has 0 radical (unpaired) electrons. The Hall–Kier alpha value is -0.0800. The van der Waals surface area contributed by atoms with Gasteiger partial charge in [-0.05, 0) is 63.5 Å². The molecule has 3 saturated heterocycles. The highest BCUT2D eigenvalue weighted by atomic mass is 15.0. The van der Waals surface area contributed by atoms with Crippen molar-refractivity contribution < 1.29 is 0 Å². The number of rotatable bonds is 1. The van der Waals surface area contributed by atoms with E-state index in [1.165, 1.54) is 51.6 Å². The molecule has 3 aliphatic heterocycles. The first-order valence-corrected chi connectivity index (χ1v) is 6.40. The van der Waals surface area contributed by atoms with E-state index in [9.17, 15) is 0 Å². The van der Waals surface area contributed by atoms with Gasteiger partial charge in [0.15, 0.2) is 0 Å². The molecule has 3 rings (SSSR count). The predicted octanol–water partition coefficient (Wildman–Crippen LogP) is 1.52. The summed E-state index contributed by atoms with van der Waals surface area (Å²) >= 11 is 0. The summed E-state index contributed by atoms with van der Waals surface area (Å²) in [6.07, 6.45) is 8.71. The maximum absolute atomic E-state index is 3.82. The highest BCUT2D eigenvalue weighted by Gasteiger charge is 2.38. The topological polar surface area (TPSA) is 24.1 Å². The minimum Gasteiger partial charge on any atom is -0.317 e. The normalized spacial score (nSPS) is 44.1. The van der Waals surface area contributed by atoms with Crippen molar-refractivity contribution in [1.82, 2.24) is 10.6 Å². The lowest BCUT2D eigenvalue weighted by Crippen LogP contribution is -2.45. The van der Waals surface area contributed by atoms with Gasteiger partial charge in [0, 0.05) is 12.1 Å². The number of piperidine rings is 2. The van der Waals surface area contributed by atoms with Gasteiger partial charge in [-0.25, -0.2) is 0 Å². The molecule has 3 unspecified atom stereocenters. The summed E-state index contributed by atoms with van der Waals surface area (Å²) in [7, 11) is 0. The van der Waals surface area contributed by atoms with Crippen molar-refractivity contribution in [3.63, 3.8) is 0 Å². The van der Waals surface area contributed by atoms with Crippen LogP contribution < -0.4 is 10.6 Å². The highest BCUT2D eigenvalue weighted by Crippen LogP contribution is 2.38. The van der Waals surface area contributed by atoms with Crippen LogP contribution in [0.3, 0.4) is 0 Å². The third kappa shape index (κ3) is 1.59. The largest absolute Gasteiger partial charge is 0.317 e. The lowest BCUT2D eigenvalue weighted by molar-refractivity contribution is 0.171. The molecule has 2 bridgehead atoms. The van der Waals surface area contributed by atoms with Crippen molar-refractivity contribution in [3.05, 3.63) is 0 Å². The maximum Gasteiger partial charge on any atom is 0.0101 e. The van der Waals surface area contributed by atoms with E-state index in [0.717, 1.165) is 23.9 Å². The van der Waals surface area contributed by atoms with E-state index < -0.39 is 0 Å². The summed E-state index contributed by atoms with van der Waals surface area (Å²) in [5, 5.41) is 7.29. The minimum absolute atomic E-state index is 0.886. The minimum atomic E-state index is 0.886. The number of hydrogen-bond acceptors (Lipinski definition) is 2. The van der Waals surface area contributed by atoms with Crippen molar-refractivity contribution >= 4 is 0 Å². The van der Waals surface area contributed by atoms with Crippen LogP contribution in [-0.2, 0) is 0 Å². The van der Waals surface area contributed by atoms with Gasteiger partial charge in [-0.3, -0.25) is 0 Å². The SMILES string of the molecule is C1CC(C2CCC3CCC2N3)CCN1. The molecule has 0 saturated carbocycles. The molecule has 2 N–H and O–H groups in total. The Morgan fingerprint density at radius 3 is 2.43 bits per heavy atom. The van der Waals surface area contributed by atoms with Crippen LogP contribution in [-0.4, -0.2) is 25.2 Å². The summed E-state index contributed by atoms with van der Waals surface area (Å²) in [5.74, 6) is 2.03. The van der Waals surface area contributed by atoms with Crippen molar-refractivity contribution in [3.8, 4) is 0 Å². The zero-order valence-corrected chi connectivity index (χ0v) is 8.97. The molecule has 80 valence electrons. The first-order chi connectivity index (χ1) is 6.93. The Kier molecular flexibility index (Phi) is 2.50. The van der Waals surface area contributed by atoms with Crippen LogP contribution in [0.5, 0.6) is 0 Å². The molecule has 0 aliphatic carbocycles. The second kappa shape index (κ2) is 3.82. The summed E-state index contributed by atoms with van der Waals surface area (Å²) in [5.41, 5.74) is 0. The van der Waals surface area contributed by atoms with Crippen LogP contribution in [0.1, 0.15) is 38.5 Å². The van der Waals surface area contributed by atoms with E-state index >= 15 is 0 Å². The van der Waals surface area contributed by atoms with Crippen LogP contribution in [0.4, 0.5) is 0 Å². The van der Waals surface area contributed by atoms with Crippen LogP contribution in [0.2, 0.25) is 0 Å². The Labute approximate surface area is 86.8 Å². The monoisotopic (exact) mass is 194 g/mol. The average Bonchev–Trinajstić information content (AvgIpc) is 2.62. The van der Waals surface area contributed by atoms with Gasteiger partial charge >= 0.3 is 0 Å². The zero-order valence-electron chi connectivity index (χ0n) is 8.97. The van der Waals surface area contributed by atoms with Gasteiger partial charge in [0.05, 0.1) is 0 Å². The lowest BCUT2D eigenvalue weighted by atomic mass is 9.76. The fourth-order valence-electron chi connectivity index (χ4n) is 3.85. The average molecular weight is 194 g/mol. The molecule has 0 aromatic rings. The van der Waals surface area contributed by atoms with Crippen LogP contribution in [0.15, 0.2) is 0 Å². The highest BCUT2D eigenvalue weighted by molar-refractivity contribution is 4.96. The molecular weight excluding hydrogens is 172 g/mol. The Morgan fingerprint density at radius 1 is 0.786 bits per heavy atom. The fourth-order valence-corrected chi connectivity index (χ4v) is 3.85. The van der Waals surface area contributed by atoms with E-state index in [-0.39, 0.29) is 0 Å². The molecule has 3 fully saturated rings. The molecular formula is C12H22N2. The van der Waals surface area contributed by atoms with Crippen molar-refractivity contribution in [2.45, 2.75) is 50.6 Å². The second-order valence-electron chi connectivity index (χ2n) is 5.38. The third-order valence-electron chi connectivity index (χ3n) is 4.63. The molecule has 0 aromatic heterocycles. The number of nitrogens with one attached hydrogen (secondary N) is 2. The van der Waals surface area contributed by atoms with Gasteiger partial charge in [-0.15, -0.1) is 0 Å². The zero-order chi connectivity index (χ0) is 9.38. The molecule has 3 atom stereocenters. The van der Waals surface area contributed by atoms with Gasteiger partial charge in [0.25, 0.3) is 0 Å². The van der Waals surface area contributed by atoms with Gasteiger partial charge < -0.3 is 10.6 Å². The molecule has 0 amide bonds. The smallest absolute Gasteiger partial charge is 0.0101 e. The predicted molar refractivity (Wildman–Crippen MR) is 58.3 cm³/mol. The van der Waals surface area contributed by atoms with Gasteiger partial charge in [-0.2, -0.15) is 0 Å². The molecule has 14 heavy (non-hydrogen) atoms. The van der Waals surface area contributed by atoms with E-state index in [4.69, 9.17) is 0 Å². The first kappa shape index (κ1) is 9.17. The van der Waals surface area contributed by atoms with Crippen LogP contribution >= 0.6 is 0 Å². The molecule has 2 heteroatoms. The molecule has 0 aromatic carbocycles. The van der Waals surface area contributed by atoms with E-state index in [1.807, 2.05) is 0 Å². The van der Waals surface area contributed by atoms with Crippen LogP contribution in [0.25, 0.3) is 0 Å². The quantitative estimate of drug-likeness (QED) is 0.661. The van der Waals surface area contributed by atoms with Crippen molar-refractivity contribution in [1.29, 1.82) is 0 Å². The molecule has 2 nitrogen and oxygen atoms in total. The lowest BCUT2D eigenvalue weighted by Gasteiger charge is -2.38. The maximum atomic E-state index is 3.82. The Balaban J connectivity index is 1.65. The molecule has 0 spiro atoms. The van der Waals surface area contributed by atoms with E-state index in [2.05, 4.69) is 10.6 Å². The third-order valence-corrected chi connectivity index (χ3v) is 4.63. The summed E-state index contributed by atoms with van der Waals surface area (Å²) < 4.78 is 0. The fraction of sp³-hybridized carbons (Fsp3) is 1.00. The molecule has 3 heterocycles. The first-order valence-electron chi connectivity index (χ1n) is 6.40. The van der Waals surface area contributed by atoms with Crippen molar-refractivity contribution in [2.24, 2.45) is 11.8 Å². The molecule has 3 aliphatic rings. The summed E-state index contributed by atoms with van der Waals surface area (Å²) in [6.45, 7) is 2.52. The standard InChI is InChI=1S/C12H22N2/c1-3-11(9-5-7-13-8-6-9)12-4-2-10(1)14-12/h9-14H,1-8H2. The van der Waals surface area contributed by atoms with Gasteiger partial charge in [-0.1, -0.05) is 0 Å². The second-order valence-corrected chi connectivity index (χ2v) is 5.38. The summed E-state index contributed by atoms with van der Waals surface area (Å²) in [4.78, 5) is 0. The van der Waals surface area contributed by atoms with Gasteiger partial charge in [0.1, 0.15) is 0 Å². The Bertz CT molecular complexity index is 198. The van der Waals surface area contributed by atoms with Crippen LogP contribution in [0, 0.1) is 11.8 Å². The summed E-state index contributed by atoms with van der Waals surface area (Å²) in [6, 6.07) is 1.77. The van der Waals surface area contributed by atoms with E-state index in [1.54, 1.807) is 0 Å². The van der Waals surface area contributed by atoms with Gasteiger partial charge in [0.2, 0.25) is 0 Å². The number of fused-ring (bicyclic) bond motifs is 2. The Morgan fingerprint density at radius 2 is 1.57 bits per heavy atom.